The molecule has 0 unspecified atom stereocenters. The molecule has 2 rings (SSSR count). The van der Waals surface area contributed by atoms with Gasteiger partial charge in [-0.2, -0.15) is 0 Å². The van der Waals surface area contributed by atoms with E-state index in [1.807, 2.05) is 12.1 Å². The van der Waals surface area contributed by atoms with E-state index in [-0.39, 0.29) is 0 Å². The fourth-order valence-corrected chi connectivity index (χ4v) is 3.81. The van der Waals surface area contributed by atoms with Crippen molar-refractivity contribution in [1.29, 1.82) is 0 Å². The van der Waals surface area contributed by atoms with E-state index >= 15 is 0 Å². The third-order valence-corrected chi connectivity index (χ3v) is 5.11. The summed E-state index contributed by atoms with van der Waals surface area (Å²) in [5.74, 6) is 0.977. The van der Waals surface area contributed by atoms with Crippen LogP contribution in [0.2, 0.25) is 5.02 Å². The van der Waals surface area contributed by atoms with Gasteiger partial charge in [-0.1, -0.05) is 53.4 Å². The number of benzene rings is 1. The average molecular weight is 345 g/mol. The normalized spacial score (nSPS) is 23.5. The van der Waals surface area contributed by atoms with E-state index in [1.54, 1.807) is 0 Å². The number of hydrogen-bond acceptors (Lipinski definition) is 1. The molecule has 1 aliphatic carbocycles. The van der Waals surface area contributed by atoms with Crippen molar-refractivity contribution in [1.82, 2.24) is 5.32 Å². The predicted molar refractivity (Wildman–Crippen MR) is 86.6 cm³/mol. The summed E-state index contributed by atoms with van der Waals surface area (Å²) in [6.07, 6.45) is 8.20. The SMILES string of the molecule is CCCC1CCC(NCc2ccc(Cl)cc2Br)CC1. The highest BCUT2D eigenvalue weighted by Crippen LogP contribution is 2.28. The van der Waals surface area contributed by atoms with Crippen LogP contribution < -0.4 is 5.32 Å². The van der Waals surface area contributed by atoms with Crippen LogP contribution in [0.25, 0.3) is 0 Å². The molecule has 3 heteroatoms. The van der Waals surface area contributed by atoms with Gasteiger partial charge in [-0.25, -0.2) is 0 Å². The summed E-state index contributed by atoms with van der Waals surface area (Å²) in [5, 5.41) is 4.48. The average Bonchev–Trinajstić information content (AvgIpc) is 2.40. The van der Waals surface area contributed by atoms with Gasteiger partial charge < -0.3 is 5.32 Å². The van der Waals surface area contributed by atoms with Gasteiger partial charge in [-0.15, -0.1) is 0 Å². The summed E-state index contributed by atoms with van der Waals surface area (Å²) < 4.78 is 1.10. The van der Waals surface area contributed by atoms with Crippen molar-refractivity contribution in [2.45, 2.75) is 58.0 Å². The maximum absolute atomic E-state index is 5.96. The summed E-state index contributed by atoms with van der Waals surface area (Å²) >= 11 is 9.54. The van der Waals surface area contributed by atoms with E-state index in [2.05, 4.69) is 34.2 Å². The minimum absolute atomic E-state index is 0.690. The zero-order valence-electron chi connectivity index (χ0n) is 11.6. The van der Waals surface area contributed by atoms with Crippen molar-refractivity contribution in [3.8, 4) is 0 Å². The van der Waals surface area contributed by atoms with Crippen molar-refractivity contribution >= 4 is 27.5 Å². The van der Waals surface area contributed by atoms with Gasteiger partial charge in [0.25, 0.3) is 0 Å². The molecule has 19 heavy (non-hydrogen) atoms. The highest BCUT2D eigenvalue weighted by atomic mass is 79.9. The number of nitrogens with one attached hydrogen (secondary N) is 1. The Balaban J connectivity index is 1.77. The lowest BCUT2D eigenvalue weighted by Crippen LogP contribution is -2.32. The maximum Gasteiger partial charge on any atom is 0.0417 e. The molecule has 0 saturated heterocycles. The Morgan fingerprint density at radius 1 is 1.26 bits per heavy atom. The van der Waals surface area contributed by atoms with E-state index in [1.165, 1.54) is 44.1 Å². The third-order valence-electron chi connectivity index (χ3n) is 4.14. The van der Waals surface area contributed by atoms with E-state index in [0.29, 0.717) is 6.04 Å². The highest BCUT2D eigenvalue weighted by Gasteiger charge is 2.20. The summed E-state index contributed by atoms with van der Waals surface area (Å²) in [4.78, 5) is 0. The zero-order valence-corrected chi connectivity index (χ0v) is 13.9. The molecule has 1 fully saturated rings. The molecular weight excluding hydrogens is 322 g/mol. The lowest BCUT2D eigenvalue weighted by atomic mass is 9.83. The minimum atomic E-state index is 0.690. The molecule has 0 aromatic heterocycles. The smallest absolute Gasteiger partial charge is 0.0417 e. The molecule has 1 saturated carbocycles. The van der Waals surface area contributed by atoms with Crippen LogP contribution >= 0.6 is 27.5 Å². The second-order valence-electron chi connectivity index (χ2n) is 5.62. The molecule has 106 valence electrons. The Labute approximate surface area is 130 Å². The van der Waals surface area contributed by atoms with Gasteiger partial charge in [0.1, 0.15) is 0 Å². The molecule has 0 aliphatic heterocycles. The molecule has 0 bridgehead atoms. The van der Waals surface area contributed by atoms with Crippen molar-refractivity contribution in [3.63, 3.8) is 0 Å². The maximum atomic E-state index is 5.96. The number of hydrogen-bond donors (Lipinski definition) is 1. The fraction of sp³-hybridized carbons (Fsp3) is 0.625. The van der Waals surface area contributed by atoms with Crippen molar-refractivity contribution in [2.24, 2.45) is 5.92 Å². The molecule has 1 aromatic carbocycles. The Morgan fingerprint density at radius 3 is 2.63 bits per heavy atom. The number of rotatable bonds is 5. The first-order valence-electron chi connectivity index (χ1n) is 7.36. The second kappa shape index (κ2) is 7.66. The Hall–Kier alpha value is -0.0500. The minimum Gasteiger partial charge on any atom is -0.310 e. The Kier molecular flexibility index (Phi) is 6.18. The van der Waals surface area contributed by atoms with Gasteiger partial charge in [0.05, 0.1) is 0 Å². The molecular formula is C16H23BrClN. The Bertz CT molecular complexity index is 400. The first-order chi connectivity index (χ1) is 9.19. The molecule has 0 spiro atoms. The van der Waals surface area contributed by atoms with Crippen LogP contribution in [-0.2, 0) is 6.54 Å². The molecule has 1 nitrogen and oxygen atoms in total. The van der Waals surface area contributed by atoms with Gasteiger partial charge in [-0.05, 0) is 49.3 Å². The second-order valence-corrected chi connectivity index (χ2v) is 6.91. The lowest BCUT2D eigenvalue weighted by Gasteiger charge is -2.29. The first-order valence-corrected chi connectivity index (χ1v) is 8.53. The van der Waals surface area contributed by atoms with Crippen molar-refractivity contribution in [3.05, 3.63) is 33.3 Å². The summed E-state index contributed by atoms with van der Waals surface area (Å²) in [6.45, 7) is 3.23. The number of halogens is 2. The van der Waals surface area contributed by atoms with Gasteiger partial charge in [0.15, 0.2) is 0 Å². The molecule has 1 aromatic rings. The molecule has 1 N–H and O–H groups in total. The quantitative estimate of drug-likeness (QED) is 0.738. The van der Waals surface area contributed by atoms with E-state index in [9.17, 15) is 0 Å². The van der Waals surface area contributed by atoms with Gasteiger partial charge in [-0.3, -0.25) is 0 Å². The lowest BCUT2D eigenvalue weighted by molar-refractivity contribution is 0.277. The van der Waals surface area contributed by atoms with Crippen LogP contribution in [0, 0.1) is 5.92 Å². The highest BCUT2D eigenvalue weighted by molar-refractivity contribution is 9.10. The molecule has 0 amide bonds. The van der Waals surface area contributed by atoms with E-state index < -0.39 is 0 Å². The summed E-state index contributed by atoms with van der Waals surface area (Å²) in [7, 11) is 0. The van der Waals surface area contributed by atoms with E-state index in [0.717, 1.165) is 22.0 Å². The predicted octanol–water partition coefficient (Wildman–Crippen LogP) is 5.55. The van der Waals surface area contributed by atoms with Crippen LogP contribution in [0.3, 0.4) is 0 Å². The fourth-order valence-electron chi connectivity index (χ4n) is 2.98. The van der Waals surface area contributed by atoms with Crippen LogP contribution in [0.15, 0.2) is 22.7 Å². The monoisotopic (exact) mass is 343 g/mol. The van der Waals surface area contributed by atoms with Gasteiger partial charge in [0.2, 0.25) is 0 Å². The molecule has 0 atom stereocenters. The van der Waals surface area contributed by atoms with Crippen molar-refractivity contribution < 1.29 is 0 Å². The first kappa shape index (κ1) is 15.3. The topological polar surface area (TPSA) is 12.0 Å². The van der Waals surface area contributed by atoms with E-state index in [4.69, 9.17) is 11.6 Å². The summed E-state index contributed by atoms with van der Waals surface area (Å²) in [5.41, 5.74) is 1.29. The van der Waals surface area contributed by atoms with Crippen LogP contribution in [0.1, 0.15) is 51.0 Å². The Morgan fingerprint density at radius 2 is 2.00 bits per heavy atom. The van der Waals surface area contributed by atoms with Gasteiger partial charge >= 0.3 is 0 Å². The zero-order chi connectivity index (χ0) is 13.7. The molecule has 0 heterocycles. The van der Waals surface area contributed by atoms with Gasteiger partial charge in [0, 0.05) is 22.1 Å². The standard InChI is InChI=1S/C16H23BrClN/c1-2-3-12-4-8-15(9-5-12)19-11-13-6-7-14(18)10-16(13)17/h6-7,10,12,15,19H,2-5,8-9,11H2,1H3. The largest absolute Gasteiger partial charge is 0.310 e. The summed E-state index contributed by atoms with van der Waals surface area (Å²) in [6, 6.07) is 6.72. The third kappa shape index (κ3) is 4.77. The van der Waals surface area contributed by atoms with Crippen LogP contribution in [0.4, 0.5) is 0 Å². The van der Waals surface area contributed by atoms with Crippen molar-refractivity contribution in [2.75, 3.05) is 0 Å². The molecule has 0 radical (unpaired) electrons. The van der Waals surface area contributed by atoms with Crippen LogP contribution in [-0.4, -0.2) is 6.04 Å². The molecule has 1 aliphatic rings. The van der Waals surface area contributed by atoms with Crippen LogP contribution in [0.5, 0.6) is 0 Å².